The van der Waals surface area contributed by atoms with Crippen molar-refractivity contribution in [2.45, 2.75) is 19.1 Å². The van der Waals surface area contributed by atoms with Gasteiger partial charge in [0.15, 0.2) is 11.5 Å². The molecule has 29 heavy (non-hydrogen) atoms. The minimum absolute atomic E-state index is 0.103. The molecule has 5 rings (SSSR count). The van der Waals surface area contributed by atoms with Crippen LogP contribution in [-0.2, 0) is 17.0 Å². The van der Waals surface area contributed by atoms with E-state index in [2.05, 4.69) is 15.6 Å². The highest BCUT2D eigenvalue weighted by Gasteiger charge is 2.49. The molecule has 3 amide bonds. The quantitative estimate of drug-likeness (QED) is 0.659. The van der Waals surface area contributed by atoms with Crippen LogP contribution in [-0.4, -0.2) is 38.6 Å². The van der Waals surface area contributed by atoms with Crippen LogP contribution in [0.4, 0.5) is 4.79 Å². The van der Waals surface area contributed by atoms with Crippen molar-refractivity contribution in [1.82, 2.24) is 25.2 Å². The molecule has 10 nitrogen and oxygen atoms in total. The summed E-state index contributed by atoms with van der Waals surface area (Å²) in [6.45, 7) is 1.35. The molecule has 3 aromatic rings. The number of ether oxygens (including phenoxy) is 2. The summed E-state index contributed by atoms with van der Waals surface area (Å²) in [5, 5.41) is 10.9. The van der Waals surface area contributed by atoms with E-state index in [1.807, 2.05) is 0 Å². The number of carbonyl (C=O) groups excluding carboxylic acids is 2. The summed E-state index contributed by atoms with van der Waals surface area (Å²) in [4.78, 5) is 39.3. The van der Waals surface area contributed by atoms with Crippen LogP contribution in [0.1, 0.15) is 12.5 Å². The van der Waals surface area contributed by atoms with Crippen LogP contribution in [0, 0.1) is 0 Å². The molecule has 0 radical (unpaired) electrons. The Kier molecular flexibility index (Phi) is 3.57. The number of nitrogens with zero attached hydrogens (tertiary/aromatic N) is 4. The van der Waals surface area contributed by atoms with Gasteiger partial charge in [-0.05, 0) is 36.8 Å². The van der Waals surface area contributed by atoms with Crippen molar-refractivity contribution < 1.29 is 19.1 Å². The molecule has 0 saturated carbocycles. The molecule has 1 N–H and O–H groups in total. The molecule has 0 aliphatic carbocycles. The highest BCUT2D eigenvalue weighted by molar-refractivity contribution is 6.07. The van der Waals surface area contributed by atoms with Crippen LogP contribution in [0.5, 0.6) is 11.5 Å². The molecule has 2 aromatic carbocycles. The number of nitrogens with one attached hydrogen (secondary N) is 1. The fourth-order valence-corrected chi connectivity index (χ4v) is 3.48. The number of imide groups is 1. The summed E-state index contributed by atoms with van der Waals surface area (Å²) in [7, 11) is 0. The van der Waals surface area contributed by atoms with Crippen LogP contribution in [0.3, 0.4) is 0 Å². The largest absolute Gasteiger partial charge is 0.454 e. The summed E-state index contributed by atoms with van der Waals surface area (Å²) in [6.07, 6.45) is 0. The summed E-state index contributed by atoms with van der Waals surface area (Å²) >= 11 is 0. The Hall–Kier alpha value is -3.95. The molecule has 10 heteroatoms. The Bertz CT molecular complexity index is 1240. The van der Waals surface area contributed by atoms with Gasteiger partial charge in [-0.15, -0.1) is 5.10 Å². The van der Waals surface area contributed by atoms with Gasteiger partial charge in [0, 0.05) is 0 Å². The fourth-order valence-electron chi connectivity index (χ4n) is 3.48. The zero-order chi connectivity index (χ0) is 20.2. The van der Waals surface area contributed by atoms with E-state index in [1.165, 1.54) is 0 Å². The van der Waals surface area contributed by atoms with Crippen molar-refractivity contribution in [2.24, 2.45) is 0 Å². The van der Waals surface area contributed by atoms with E-state index in [0.717, 1.165) is 9.58 Å². The number of benzene rings is 2. The third-order valence-electron chi connectivity index (χ3n) is 5.13. The average molecular weight is 393 g/mol. The first-order valence-corrected chi connectivity index (χ1v) is 8.84. The number of amides is 3. The summed E-state index contributed by atoms with van der Waals surface area (Å²) in [5.41, 5.74) is -0.769. The highest BCUT2D eigenvalue weighted by Crippen LogP contribution is 2.37. The third-order valence-corrected chi connectivity index (χ3v) is 5.13. The molecule has 3 heterocycles. The van der Waals surface area contributed by atoms with Gasteiger partial charge in [0.05, 0.1) is 5.39 Å². The second-order valence-corrected chi connectivity index (χ2v) is 6.91. The summed E-state index contributed by atoms with van der Waals surface area (Å²) < 4.78 is 11.6. The van der Waals surface area contributed by atoms with Crippen LogP contribution in [0.25, 0.3) is 10.9 Å². The SMILES string of the molecule is CC1(c2ccc3c(c2)OCO3)NC(=O)N(Cn2nnc3ccccc3c2=O)C1=O. The van der Waals surface area contributed by atoms with Crippen molar-refractivity contribution in [1.29, 1.82) is 0 Å². The van der Waals surface area contributed by atoms with Gasteiger partial charge in [-0.25, -0.2) is 9.69 Å². The van der Waals surface area contributed by atoms with Crippen LogP contribution >= 0.6 is 0 Å². The van der Waals surface area contributed by atoms with Gasteiger partial charge in [0.2, 0.25) is 6.79 Å². The summed E-state index contributed by atoms with van der Waals surface area (Å²) in [6, 6.07) is 11.1. The Morgan fingerprint density at radius 2 is 1.90 bits per heavy atom. The monoisotopic (exact) mass is 393 g/mol. The average Bonchev–Trinajstić information content (AvgIpc) is 3.28. The third kappa shape index (κ3) is 2.53. The number of hydrogen-bond acceptors (Lipinski definition) is 7. The van der Waals surface area contributed by atoms with Gasteiger partial charge >= 0.3 is 6.03 Å². The Morgan fingerprint density at radius 3 is 2.76 bits per heavy atom. The van der Waals surface area contributed by atoms with Gasteiger partial charge < -0.3 is 14.8 Å². The van der Waals surface area contributed by atoms with Crippen molar-refractivity contribution >= 4 is 22.8 Å². The maximum atomic E-state index is 13.1. The molecule has 0 spiro atoms. The summed E-state index contributed by atoms with van der Waals surface area (Å²) in [5.74, 6) is 0.563. The molecule has 2 aliphatic heterocycles. The lowest BCUT2D eigenvalue weighted by Gasteiger charge is -2.22. The lowest BCUT2D eigenvalue weighted by Crippen LogP contribution is -2.42. The van der Waals surface area contributed by atoms with Gasteiger partial charge in [-0.3, -0.25) is 9.59 Å². The van der Waals surface area contributed by atoms with E-state index in [4.69, 9.17) is 9.47 Å². The second-order valence-electron chi connectivity index (χ2n) is 6.91. The molecule has 0 bridgehead atoms. The number of aromatic nitrogens is 3. The van der Waals surface area contributed by atoms with Crippen molar-refractivity contribution in [2.75, 3.05) is 6.79 Å². The van der Waals surface area contributed by atoms with Gasteiger partial charge in [-0.2, -0.15) is 4.68 Å². The predicted molar refractivity (Wildman–Crippen MR) is 99.1 cm³/mol. The molecule has 146 valence electrons. The maximum absolute atomic E-state index is 13.1. The molecular formula is C19H15N5O5. The molecule has 1 unspecified atom stereocenters. The number of urea groups is 1. The topological polar surface area (TPSA) is 116 Å². The molecule has 1 fully saturated rings. The zero-order valence-electron chi connectivity index (χ0n) is 15.3. The number of carbonyl (C=O) groups is 2. The lowest BCUT2D eigenvalue weighted by atomic mass is 9.92. The van der Waals surface area contributed by atoms with Crippen LogP contribution in [0.2, 0.25) is 0 Å². The highest BCUT2D eigenvalue weighted by atomic mass is 16.7. The lowest BCUT2D eigenvalue weighted by molar-refractivity contribution is -0.132. The Labute approximate surface area is 163 Å². The first-order valence-electron chi connectivity index (χ1n) is 8.84. The van der Waals surface area contributed by atoms with Gasteiger partial charge in [0.1, 0.15) is 17.7 Å². The first kappa shape index (κ1) is 17.2. The number of hydrogen-bond donors (Lipinski definition) is 1. The van der Waals surface area contributed by atoms with Crippen LogP contribution < -0.4 is 20.3 Å². The van der Waals surface area contributed by atoms with E-state index < -0.39 is 23.0 Å². The Balaban J connectivity index is 1.48. The first-order chi connectivity index (χ1) is 14.0. The number of fused-ring (bicyclic) bond motifs is 2. The maximum Gasteiger partial charge on any atom is 0.326 e. The number of rotatable bonds is 3. The normalized spacial score (nSPS) is 20.4. The van der Waals surface area contributed by atoms with Crippen LogP contribution in [0.15, 0.2) is 47.3 Å². The van der Waals surface area contributed by atoms with E-state index in [0.29, 0.717) is 28.0 Å². The minimum Gasteiger partial charge on any atom is -0.454 e. The minimum atomic E-state index is -1.31. The molecular weight excluding hydrogens is 378 g/mol. The fraction of sp³-hybridized carbons (Fsp3) is 0.211. The zero-order valence-corrected chi connectivity index (χ0v) is 15.3. The molecule has 1 aromatic heterocycles. The molecule has 1 saturated heterocycles. The smallest absolute Gasteiger partial charge is 0.326 e. The standard InChI is InChI=1S/C19H15N5O5/c1-19(11-6-7-14-15(8-11)29-10-28-14)17(26)23(18(27)20-19)9-24-16(25)12-4-2-3-5-13(12)21-22-24/h2-8H,9-10H2,1H3,(H,20,27). The second kappa shape index (κ2) is 6.03. The van der Waals surface area contributed by atoms with E-state index in [9.17, 15) is 14.4 Å². The molecule has 1 atom stereocenters. The van der Waals surface area contributed by atoms with E-state index in [1.54, 1.807) is 49.4 Å². The van der Waals surface area contributed by atoms with Gasteiger partial charge in [0.25, 0.3) is 11.5 Å². The van der Waals surface area contributed by atoms with E-state index >= 15 is 0 Å². The van der Waals surface area contributed by atoms with E-state index in [-0.39, 0.29) is 13.5 Å². The van der Waals surface area contributed by atoms with Gasteiger partial charge in [-0.1, -0.05) is 23.4 Å². The van der Waals surface area contributed by atoms with Crippen molar-refractivity contribution in [3.05, 3.63) is 58.4 Å². The Morgan fingerprint density at radius 1 is 1.10 bits per heavy atom. The van der Waals surface area contributed by atoms with Crippen molar-refractivity contribution in [3.63, 3.8) is 0 Å². The molecule has 2 aliphatic rings. The predicted octanol–water partition coefficient (Wildman–Crippen LogP) is 0.945. The van der Waals surface area contributed by atoms with Crippen molar-refractivity contribution in [3.8, 4) is 11.5 Å².